The van der Waals surface area contributed by atoms with E-state index in [1.165, 1.54) is 10.6 Å². The molecule has 198 valence electrons. The highest BCUT2D eigenvalue weighted by atomic mass is 32.2. The first-order valence-corrected chi connectivity index (χ1v) is 14.6. The van der Waals surface area contributed by atoms with Crippen LogP contribution in [0.1, 0.15) is 57.6 Å². The second-order valence-electron chi connectivity index (χ2n) is 9.29. The fourth-order valence-electron chi connectivity index (χ4n) is 4.16. The second-order valence-corrected chi connectivity index (χ2v) is 11.2. The molecule has 2 rings (SSSR count). The van der Waals surface area contributed by atoms with Crippen LogP contribution in [0.2, 0.25) is 0 Å². The minimum atomic E-state index is -3.51. The van der Waals surface area contributed by atoms with E-state index in [1.54, 1.807) is 17.0 Å². The van der Waals surface area contributed by atoms with Crippen molar-refractivity contribution in [2.75, 3.05) is 23.7 Å². The van der Waals surface area contributed by atoms with Crippen LogP contribution in [0.5, 0.6) is 0 Å². The Morgan fingerprint density at radius 2 is 1.58 bits per heavy atom. The van der Waals surface area contributed by atoms with Gasteiger partial charge in [-0.1, -0.05) is 62.4 Å². The van der Waals surface area contributed by atoms with Crippen molar-refractivity contribution in [3.05, 3.63) is 65.7 Å². The number of benzene rings is 2. The molecule has 2 amide bonds. The van der Waals surface area contributed by atoms with Crippen molar-refractivity contribution in [2.45, 2.75) is 71.9 Å². The van der Waals surface area contributed by atoms with Gasteiger partial charge in [-0.3, -0.25) is 13.9 Å². The molecule has 8 heteroatoms. The standard InChI is InChI=1S/C28H41N3O4S/c1-6-23(4)29-28(33)25(7-2)30(21-19-24-15-9-8-10-16-24)27(32)18-13-20-31(36(5,34)35)26-17-12-11-14-22(26)3/h8-12,14-17,23,25H,6-7,13,18-21H2,1-5H3,(H,29,33)/t23-,25-/m1/s1. The number of hydrogen-bond donors (Lipinski definition) is 1. The molecule has 0 aliphatic rings. The summed E-state index contributed by atoms with van der Waals surface area (Å²) in [5, 5.41) is 3.02. The SMILES string of the molecule is CC[C@@H](C)NC(=O)[C@@H](CC)N(CCc1ccccc1)C(=O)CCCN(c1ccccc1C)S(C)(=O)=O. The van der Waals surface area contributed by atoms with E-state index in [9.17, 15) is 18.0 Å². The number of anilines is 1. The first kappa shape index (κ1) is 29.4. The number of nitrogens with one attached hydrogen (secondary N) is 1. The van der Waals surface area contributed by atoms with Crippen molar-refractivity contribution in [3.8, 4) is 0 Å². The summed E-state index contributed by atoms with van der Waals surface area (Å²) in [7, 11) is -3.51. The van der Waals surface area contributed by atoms with E-state index in [4.69, 9.17) is 0 Å². The number of aryl methyl sites for hydroxylation is 1. The van der Waals surface area contributed by atoms with E-state index >= 15 is 0 Å². The Bertz CT molecular complexity index is 1090. The van der Waals surface area contributed by atoms with Gasteiger partial charge in [-0.05, 0) is 56.7 Å². The first-order valence-electron chi connectivity index (χ1n) is 12.8. The summed E-state index contributed by atoms with van der Waals surface area (Å²) in [6.45, 7) is 8.35. The van der Waals surface area contributed by atoms with Crippen LogP contribution in [-0.2, 0) is 26.0 Å². The number of carbonyl (C=O) groups is 2. The van der Waals surface area contributed by atoms with Gasteiger partial charge in [0.25, 0.3) is 0 Å². The lowest BCUT2D eigenvalue weighted by atomic mass is 10.1. The maximum Gasteiger partial charge on any atom is 0.243 e. The highest BCUT2D eigenvalue weighted by Gasteiger charge is 2.29. The van der Waals surface area contributed by atoms with Crippen LogP contribution in [-0.4, -0.2) is 56.6 Å². The van der Waals surface area contributed by atoms with Crippen molar-refractivity contribution in [2.24, 2.45) is 0 Å². The van der Waals surface area contributed by atoms with Gasteiger partial charge in [0.15, 0.2) is 0 Å². The Morgan fingerprint density at radius 3 is 2.17 bits per heavy atom. The van der Waals surface area contributed by atoms with Crippen LogP contribution >= 0.6 is 0 Å². The normalized spacial score (nSPS) is 13.0. The lowest BCUT2D eigenvalue weighted by molar-refractivity contribution is -0.141. The maximum atomic E-state index is 13.4. The number of carbonyl (C=O) groups excluding carboxylic acids is 2. The molecular weight excluding hydrogens is 474 g/mol. The molecule has 0 radical (unpaired) electrons. The molecular formula is C28H41N3O4S. The van der Waals surface area contributed by atoms with E-state index in [0.29, 0.717) is 31.5 Å². The topological polar surface area (TPSA) is 86.8 Å². The minimum Gasteiger partial charge on any atom is -0.352 e. The van der Waals surface area contributed by atoms with Crippen LogP contribution in [0.3, 0.4) is 0 Å². The third kappa shape index (κ3) is 8.66. The largest absolute Gasteiger partial charge is 0.352 e. The summed E-state index contributed by atoms with van der Waals surface area (Å²) in [4.78, 5) is 28.2. The Balaban J connectivity index is 2.17. The molecule has 0 spiro atoms. The summed E-state index contributed by atoms with van der Waals surface area (Å²) in [6.07, 6.45) is 3.63. The van der Waals surface area contributed by atoms with E-state index in [-0.39, 0.29) is 30.8 Å². The molecule has 2 aromatic carbocycles. The van der Waals surface area contributed by atoms with Gasteiger partial charge in [0.05, 0.1) is 11.9 Å². The highest BCUT2D eigenvalue weighted by molar-refractivity contribution is 7.92. The predicted octanol–water partition coefficient (Wildman–Crippen LogP) is 4.31. The molecule has 0 heterocycles. The fourth-order valence-corrected chi connectivity index (χ4v) is 5.19. The van der Waals surface area contributed by atoms with Gasteiger partial charge in [-0.25, -0.2) is 8.42 Å². The van der Waals surface area contributed by atoms with E-state index in [2.05, 4.69) is 5.32 Å². The Morgan fingerprint density at radius 1 is 0.944 bits per heavy atom. The van der Waals surface area contributed by atoms with Gasteiger partial charge < -0.3 is 10.2 Å². The van der Waals surface area contributed by atoms with Crippen LogP contribution in [0, 0.1) is 6.92 Å². The summed E-state index contributed by atoms with van der Waals surface area (Å²) in [5.74, 6) is -0.291. The summed E-state index contributed by atoms with van der Waals surface area (Å²) < 4.78 is 26.4. The smallest absolute Gasteiger partial charge is 0.243 e. The second kappa shape index (κ2) is 14.0. The molecule has 0 bridgehead atoms. The highest BCUT2D eigenvalue weighted by Crippen LogP contribution is 2.23. The molecule has 2 atom stereocenters. The average Bonchev–Trinajstić information content (AvgIpc) is 2.84. The quantitative estimate of drug-likeness (QED) is 0.406. The summed E-state index contributed by atoms with van der Waals surface area (Å²) in [5.41, 5.74) is 2.56. The monoisotopic (exact) mass is 515 g/mol. The number of nitrogens with zero attached hydrogens (tertiary/aromatic N) is 2. The number of sulfonamides is 1. The summed E-state index contributed by atoms with van der Waals surface area (Å²) >= 11 is 0. The Kier molecular flexibility index (Phi) is 11.4. The van der Waals surface area contributed by atoms with Crippen molar-refractivity contribution >= 4 is 27.5 Å². The van der Waals surface area contributed by atoms with Crippen LogP contribution in [0.15, 0.2) is 54.6 Å². The van der Waals surface area contributed by atoms with Gasteiger partial charge in [0.1, 0.15) is 6.04 Å². The van der Waals surface area contributed by atoms with E-state index < -0.39 is 16.1 Å². The van der Waals surface area contributed by atoms with Crippen molar-refractivity contribution in [3.63, 3.8) is 0 Å². The van der Waals surface area contributed by atoms with Crippen LogP contribution in [0.4, 0.5) is 5.69 Å². The molecule has 36 heavy (non-hydrogen) atoms. The zero-order valence-electron chi connectivity index (χ0n) is 22.2. The fraction of sp³-hybridized carbons (Fsp3) is 0.500. The number of para-hydroxylation sites is 1. The zero-order valence-corrected chi connectivity index (χ0v) is 23.1. The van der Waals surface area contributed by atoms with E-state index in [1.807, 2.05) is 70.2 Å². The molecule has 2 aromatic rings. The molecule has 0 aliphatic carbocycles. The molecule has 0 unspecified atom stereocenters. The molecule has 0 aromatic heterocycles. The maximum absolute atomic E-state index is 13.4. The molecule has 7 nitrogen and oxygen atoms in total. The van der Waals surface area contributed by atoms with Gasteiger partial charge >= 0.3 is 0 Å². The number of hydrogen-bond acceptors (Lipinski definition) is 4. The number of amides is 2. The van der Waals surface area contributed by atoms with Crippen molar-refractivity contribution in [1.29, 1.82) is 0 Å². The van der Waals surface area contributed by atoms with Crippen molar-refractivity contribution < 1.29 is 18.0 Å². The third-order valence-corrected chi connectivity index (χ3v) is 7.59. The predicted molar refractivity (Wildman–Crippen MR) is 146 cm³/mol. The van der Waals surface area contributed by atoms with Gasteiger partial charge in [-0.2, -0.15) is 0 Å². The minimum absolute atomic E-state index is 0.0232. The lowest BCUT2D eigenvalue weighted by Gasteiger charge is -2.32. The van der Waals surface area contributed by atoms with Gasteiger partial charge in [-0.15, -0.1) is 0 Å². The first-order chi connectivity index (χ1) is 17.1. The third-order valence-electron chi connectivity index (χ3n) is 6.41. The molecule has 0 aliphatic heterocycles. The molecule has 0 saturated carbocycles. The van der Waals surface area contributed by atoms with Gasteiger partial charge in [0.2, 0.25) is 21.8 Å². The lowest BCUT2D eigenvalue weighted by Crippen LogP contribution is -2.51. The van der Waals surface area contributed by atoms with Crippen molar-refractivity contribution in [1.82, 2.24) is 10.2 Å². The molecule has 0 fully saturated rings. The average molecular weight is 516 g/mol. The number of rotatable bonds is 14. The zero-order chi connectivity index (χ0) is 26.7. The van der Waals surface area contributed by atoms with Gasteiger partial charge in [0, 0.05) is 25.6 Å². The molecule has 1 N–H and O–H groups in total. The Hall–Kier alpha value is -2.87. The Labute approximate surface area is 216 Å². The van der Waals surface area contributed by atoms with Crippen LogP contribution in [0.25, 0.3) is 0 Å². The van der Waals surface area contributed by atoms with E-state index in [0.717, 1.165) is 17.5 Å². The van der Waals surface area contributed by atoms with Crippen LogP contribution < -0.4 is 9.62 Å². The molecule has 0 saturated heterocycles. The summed E-state index contributed by atoms with van der Waals surface area (Å²) in [6, 6.07) is 16.6.